The largest absolute Gasteiger partial charge is 0.325 e. The van der Waals surface area contributed by atoms with Crippen molar-refractivity contribution in [3.05, 3.63) is 28.2 Å². The topological polar surface area (TPSA) is 41.1 Å². The van der Waals surface area contributed by atoms with Crippen molar-refractivity contribution in [3.8, 4) is 0 Å². The van der Waals surface area contributed by atoms with Gasteiger partial charge in [0.15, 0.2) is 0 Å². The molecule has 1 aromatic rings. The van der Waals surface area contributed by atoms with Crippen molar-refractivity contribution in [1.82, 2.24) is 5.32 Å². The first-order valence-electron chi connectivity index (χ1n) is 7.42. The molecule has 3 nitrogen and oxygen atoms in total. The summed E-state index contributed by atoms with van der Waals surface area (Å²) in [5.41, 5.74) is 1.92. The van der Waals surface area contributed by atoms with Crippen molar-refractivity contribution in [3.63, 3.8) is 0 Å². The second-order valence-corrected chi connectivity index (χ2v) is 6.41. The van der Waals surface area contributed by atoms with Crippen LogP contribution in [0.4, 0.5) is 5.69 Å². The third-order valence-corrected chi connectivity index (χ3v) is 4.91. The smallest absolute Gasteiger partial charge is 0.230 e. The van der Waals surface area contributed by atoms with Crippen LogP contribution >= 0.6 is 15.9 Å². The number of carbonyl (C=O) groups is 1. The molecular formula is C16H23BrN2O. The Morgan fingerprint density at radius 3 is 2.65 bits per heavy atom. The first kappa shape index (κ1) is 15.5. The minimum Gasteiger partial charge on any atom is -0.325 e. The predicted molar refractivity (Wildman–Crippen MR) is 87.0 cm³/mol. The van der Waals surface area contributed by atoms with E-state index in [4.69, 9.17) is 0 Å². The molecule has 0 aromatic heterocycles. The van der Waals surface area contributed by atoms with Gasteiger partial charge in [0.1, 0.15) is 0 Å². The van der Waals surface area contributed by atoms with Gasteiger partial charge in [-0.15, -0.1) is 0 Å². The standard InChI is InChI=1S/C16H23BrN2O/c1-3-12-11-13(17)5-6-14(12)19-15(20)16(4-2)7-9-18-10-8-16/h5-6,11,18H,3-4,7-10H2,1-2H3,(H,19,20). The van der Waals surface area contributed by atoms with Crippen LogP contribution in [0.3, 0.4) is 0 Å². The lowest BCUT2D eigenvalue weighted by molar-refractivity contribution is -0.127. The van der Waals surface area contributed by atoms with E-state index >= 15 is 0 Å². The zero-order valence-electron chi connectivity index (χ0n) is 12.3. The summed E-state index contributed by atoms with van der Waals surface area (Å²) < 4.78 is 1.06. The summed E-state index contributed by atoms with van der Waals surface area (Å²) in [6.07, 6.45) is 3.66. The number of halogens is 1. The van der Waals surface area contributed by atoms with E-state index in [9.17, 15) is 4.79 Å². The van der Waals surface area contributed by atoms with E-state index in [1.807, 2.05) is 12.1 Å². The lowest BCUT2D eigenvalue weighted by Gasteiger charge is -2.35. The summed E-state index contributed by atoms with van der Waals surface area (Å²) >= 11 is 3.48. The fourth-order valence-corrected chi connectivity index (χ4v) is 3.29. The number of carbonyl (C=O) groups excluding carboxylic acids is 1. The first-order chi connectivity index (χ1) is 9.61. The van der Waals surface area contributed by atoms with Gasteiger partial charge < -0.3 is 10.6 Å². The molecular weight excluding hydrogens is 316 g/mol. The van der Waals surface area contributed by atoms with Gasteiger partial charge in [-0.1, -0.05) is 29.8 Å². The van der Waals surface area contributed by atoms with Crippen molar-refractivity contribution in [1.29, 1.82) is 0 Å². The van der Waals surface area contributed by atoms with Crippen molar-refractivity contribution in [2.75, 3.05) is 18.4 Å². The molecule has 1 fully saturated rings. The number of anilines is 1. The number of hydrogen-bond donors (Lipinski definition) is 2. The maximum absolute atomic E-state index is 12.7. The Hall–Kier alpha value is -0.870. The van der Waals surface area contributed by atoms with Crippen LogP contribution in [0.1, 0.15) is 38.7 Å². The lowest BCUT2D eigenvalue weighted by Crippen LogP contribution is -2.44. The molecule has 0 aliphatic carbocycles. The zero-order valence-corrected chi connectivity index (χ0v) is 13.8. The average molecular weight is 339 g/mol. The molecule has 0 saturated carbocycles. The highest BCUT2D eigenvalue weighted by molar-refractivity contribution is 9.10. The molecule has 0 unspecified atom stereocenters. The number of amides is 1. The van der Waals surface area contributed by atoms with Gasteiger partial charge >= 0.3 is 0 Å². The number of piperidine rings is 1. The van der Waals surface area contributed by atoms with Crippen LogP contribution in [0.5, 0.6) is 0 Å². The van der Waals surface area contributed by atoms with Crippen molar-refractivity contribution in [2.45, 2.75) is 39.5 Å². The molecule has 1 amide bonds. The second kappa shape index (κ2) is 6.72. The van der Waals surface area contributed by atoms with Crippen LogP contribution in [0, 0.1) is 5.41 Å². The van der Waals surface area contributed by atoms with Gasteiger partial charge in [-0.3, -0.25) is 4.79 Å². The maximum atomic E-state index is 12.7. The summed E-state index contributed by atoms with van der Waals surface area (Å²) in [6.45, 7) is 6.09. The van der Waals surface area contributed by atoms with Crippen LogP contribution in [-0.2, 0) is 11.2 Å². The van der Waals surface area contributed by atoms with Gasteiger partial charge in [-0.2, -0.15) is 0 Å². The molecule has 1 saturated heterocycles. The summed E-state index contributed by atoms with van der Waals surface area (Å²) in [4.78, 5) is 12.7. The molecule has 0 radical (unpaired) electrons. The number of nitrogens with one attached hydrogen (secondary N) is 2. The fraction of sp³-hybridized carbons (Fsp3) is 0.562. The maximum Gasteiger partial charge on any atom is 0.230 e. The van der Waals surface area contributed by atoms with Gasteiger partial charge in [0.25, 0.3) is 0 Å². The summed E-state index contributed by atoms with van der Waals surface area (Å²) in [7, 11) is 0. The average Bonchev–Trinajstić information content (AvgIpc) is 2.49. The first-order valence-corrected chi connectivity index (χ1v) is 8.21. The second-order valence-electron chi connectivity index (χ2n) is 5.49. The molecule has 0 spiro atoms. The van der Waals surface area contributed by atoms with Crippen LogP contribution in [0.2, 0.25) is 0 Å². The number of rotatable bonds is 4. The van der Waals surface area contributed by atoms with Gasteiger partial charge in [0, 0.05) is 10.2 Å². The molecule has 110 valence electrons. The van der Waals surface area contributed by atoms with Crippen molar-refractivity contribution in [2.24, 2.45) is 5.41 Å². The van der Waals surface area contributed by atoms with Gasteiger partial charge in [0.2, 0.25) is 5.91 Å². The SMILES string of the molecule is CCc1cc(Br)ccc1NC(=O)C1(CC)CCNCC1. The minimum absolute atomic E-state index is 0.179. The quantitative estimate of drug-likeness (QED) is 0.878. The summed E-state index contributed by atoms with van der Waals surface area (Å²) in [5.74, 6) is 0.179. The molecule has 4 heteroatoms. The Bertz CT molecular complexity index is 481. The predicted octanol–water partition coefficient (Wildman–Crippen LogP) is 3.73. The molecule has 2 N–H and O–H groups in total. The Morgan fingerprint density at radius 1 is 1.35 bits per heavy atom. The van der Waals surface area contributed by atoms with E-state index in [-0.39, 0.29) is 11.3 Å². The molecule has 1 aliphatic rings. The van der Waals surface area contributed by atoms with E-state index in [1.54, 1.807) is 0 Å². The molecule has 1 aliphatic heterocycles. The summed E-state index contributed by atoms with van der Waals surface area (Å²) in [5, 5.41) is 6.50. The van der Waals surface area contributed by atoms with E-state index in [0.29, 0.717) is 0 Å². The highest BCUT2D eigenvalue weighted by atomic mass is 79.9. The van der Waals surface area contributed by atoms with Crippen molar-refractivity contribution >= 4 is 27.5 Å². The Balaban J connectivity index is 2.18. The van der Waals surface area contributed by atoms with Gasteiger partial charge in [-0.05, 0) is 62.5 Å². The summed E-state index contributed by atoms with van der Waals surface area (Å²) in [6, 6.07) is 6.05. The normalized spacial score (nSPS) is 17.8. The molecule has 1 aromatic carbocycles. The molecule has 0 atom stereocenters. The van der Waals surface area contributed by atoms with E-state index < -0.39 is 0 Å². The molecule has 2 rings (SSSR count). The Kier molecular flexibility index (Phi) is 5.22. The van der Waals surface area contributed by atoms with E-state index in [2.05, 4.69) is 46.5 Å². The third-order valence-electron chi connectivity index (χ3n) is 4.42. The molecule has 20 heavy (non-hydrogen) atoms. The highest BCUT2D eigenvalue weighted by Gasteiger charge is 2.37. The monoisotopic (exact) mass is 338 g/mol. The van der Waals surface area contributed by atoms with Crippen molar-refractivity contribution < 1.29 is 4.79 Å². The Morgan fingerprint density at radius 2 is 2.05 bits per heavy atom. The Labute approximate surface area is 129 Å². The molecule has 0 bridgehead atoms. The lowest BCUT2D eigenvalue weighted by atomic mass is 9.76. The zero-order chi connectivity index (χ0) is 14.6. The van der Waals surface area contributed by atoms with Crippen LogP contribution in [0.25, 0.3) is 0 Å². The van der Waals surface area contributed by atoms with Crippen LogP contribution in [0.15, 0.2) is 22.7 Å². The third kappa shape index (κ3) is 3.23. The number of hydrogen-bond acceptors (Lipinski definition) is 2. The van der Waals surface area contributed by atoms with Crippen LogP contribution < -0.4 is 10.6 Å². The van der Waals surface area contributed by atoms with Crippen LogP contribution in [-0.4, -0.2) is 19.0 Å². The van der Waals surface area contributed by atoms with Gasteiger partial charge in [-0.25, -0.2) is 0 Å². The van der Waals surface area contributed by atoms with Gasteiger partial charge in [0.05, 0.1) is 5.41 Å². The highest BCUT2D eigenvalue weighted by Crippen LogP contribution is 2.34. The number of aryl methyl sites for hydroxylation is 1. The number of benzene rings is 1. The van der Waals surface area contributed by atoms with E-state index in [0.717, 1.165) is 48.9 Å². The fourth-order valence-electron chi connectivity index (χ4n) is 2.88. The molecule has 1 heterocycles. The minimum atomic E-state index is -0.205. The van der Waals surface area contributed by atoms with E-state index in [1.165, 1.54) is 5.56 Å².